The largest absolute Gasteiger partial charge is 0.465 e. The Morgan fingerprint density at radius 3 is 2.68 bits per heavy atom. The number of ether oxygens (including phenoxy) is 1. The normalized spacial score (nSPS) is 9.95. The predicted octanol–water partition coefficient (Wildman–Crippen LogP) is 2.45. The van der Waals surface area contributed by atoms with Crippen molar-refractivity contribution in [1.82, 2.24) is 0 Å². The fourth-order valence-electron chi connectivity index (χ4n) is 1.87. The molecule has 5 heteroatoms. The summed E-state index contributed by atoms with van der Waals surface area (Å²) in [5, 5.41) is 9.58. The molecule has 0 unspecified atom stereocenters. The number of aldehydes is 1. The summed E-state index contributed by atoms with van der Waals surface area (Å²) in [7, 11) is 1.22. The van der Waals surface area contributed by atoms with Crippen molar-refractivity contribution < 1.29 is 18.7 Å². The van der Waals surface area contributed by atoms with E-state index in [-0.39, 0.29) is 22.1 Å². The van der Waals surface area contributed by atoms with Crippen LogP contribution in [0.2, 0.25) is 0 Å². The van der Waals surface area contributed by atoms with Crippen LogP contribution in [-0.4, -0.2) is 19.4 Å². The van der Waals surface area contributed by atoms with E-state index >= 15 is 0 Å². The van der Waals surface area contributed by atoms with E-state index in [4.69, 9.17) is 5.26 Å². The lowest BCUT2D eigenvalue weighted by molar-refractivity contribution is 0.0600. The number of nitriles is 1. The number of rotatable bonds is 2. The first-order chi connectivity index (χ1) is 9.12. The monoisotopic (exact) mass is 257 g/mol. The number of esters is 1. The quantitative estimate of drug-likeness (QED) is 0.612. The van der Waals surface area contributed by atoms with Crippen LogP contribution in [0.25, 0.3) is 10.8 Å². The van der Waals surface area contributed by atoms with E-state index in [1.165, 1.54) is 25.3 Å². The smallest absolute Gasteiger partial charge is 0.337 e. The predicted molar refractivity (Wildman–Crippen MR) is 65.3 cm³/mol. The maximum Gasteiger partial charge on any atom is 0.337 e. The molecule has 0 radical (unpaired) electrons. The Kier molecular flexibility index (Phi) is 3.25. The van der Waals surface area contributed by atoms with Crippen LogP contribution in [0.3, 0.4) is 0 Å². The van der Waals surface area contributed by atoms with Crippen molar-refractivity contribution in [2.45, 2.75) is 0 Å². The SMILES string of the molecule is COC(=O)c1ccc2c(C#N)cc(F)c(C=O)c2c1. The van der Waals surface area contributed by atoms with Gasteiger partial charge in [-0.05, 0) is 23.6 Å². The molecule has 2 aromatic rings. The Morgan fingerprint density at radius 2 is 2.11 bits per heavy atom. The van der Waals surface area contributed by atoms with Gasteiger partial charge in [0.25, 0.3) is 0 Å². The molecule has 0 aliphatic carbocycles. The van der Waals surface area contributed by atoms with E-state index in [0.29, 0.717) is 11.7 Å². The Balaban J connectivity index is 2.87. The van der Waals surface area contributed by atoms with Crippen LogP contribution in [0.1, 0.15) is 26.3 Å². The average Bonchev–Trinajstić information content (AvgIpc) is 2.44. The van der Waals surface area contributed by atoms with Gasteiger partial charge in [-0.3, -0.25) is 4.79 Å². The number of hydrogen-bond acceptors (Lipinski definition) is 4. The van der Waals surface area contributed by atoms with Gasteiger partial charge in [0, 0.05) is 5.39 Å². The third-order valence-corrected chi connectivity index (χ3v) is 2.79. The minimum atomic E-state index is -0.791. The van der Waals surface area contributed by atoms with Gasteiger partial charge >= 0.3 is 5.97 Å². The van der Waals surface area contributed by atoms with Crippen LogP contribution < -0.4 is 0 Å². The summed E-state index contributed by atoms with van der Waals surface area (Å²) in [5.74, 6) is -1.39. The first-order valence-electron chi connectivity index (χ1n) is 5.32. The standard InChI is InChI=1S/C14H8FNO3/c1-19-14(18)8-2-3-10-9(6-16)5-13(15)12(7-17)11(10)4-8/h2-5,7H,1H3. The summed E-state index contributed by atoms with van der Waals surface area (Å²) in [6.45, 7) is 0. The number of nitrogens with zero attached hydrogens (tertiary/aromatic N) is 1. The van der Waals surface area contributed by atoms with Gasteiger partial charge in [0.05, 0.1) is 29.9 Å². The number of benzene rings is 2. The molecule has 0 spiro atoms. The number of fused-ring (bicyclic) bond motifs is 1. The van der Waals surface area contributed by atoms with Crippen molar-refractivity contribution in [2.24, 2.45) is 0 Å². The lowest BCUT2D eigenvalue weighted by atomic mass is 9.98. The molecule has 4 nitrogen and oxygen atoms in total. The van der Waals surface area contributed by atoms with E-state index in [0.717, 1.165) is 6.07 Å². The molecular formula is C14H8FNO3. The van der Waals surface area contributed by atoms with E-state index in [9.17, 15) is 14.0 Å². The molecule has 19 heavy (non-hydrogen) atoms. The van der Waals surface area contributed by atoms with Crippen LogP contribution >= 0.6 is 0 Å². The van der Waals surface area contributed by atoms with Gasteiger partial charge < -0.3 is 4.74 Å². The number of halogens is 1. The van der Waals surface area contributed by atoms with Crippen molar-refractivity contribution in [2.75, 3.05) is 7.11 Å². The molecule has 0 aromatic heterocycles. The van der Waals surface area contributed by atoms with E-state index < -0.39 is 11.8 Å². The lowest BCUT2D eigenvalue weighted by Crippen LogP contribution is -2.02. The van der Waals surface area contributed by atoms with Gasteiger partial charge in [0.1, 0.15) is 5.82 Å². The molecule has 0 amide bonds. The van der Waals surface area contributed by atoms with Crippen molar-refractivity contribution in [1.29, 1.82) is 5.26 Å². The molecule has 0 saturated heterocycles. The van der Waals surface area contributed by atoms with Crippen LogP contribution in [0.4, 0.5) is 4.39 Å². The number of methoxy groups -OCH3 is 1. The van der Waals surface area contributed by atoms with Crippen molar-refractivity contribution >= 4 is 23.0 Å². The van der Waals surface area contributed by atoms with Gasteiger partial charge in [0.2, 0.25) is 0 Å². The molecule has 0 aliphatic rings. The maximum absolute atomic E-state index is 13.7. The molecule has 0 fully saturated rings. The highest BCUT2D eigenvalue weighted by atomic mass is 19.1. The number of carbonyl (C=O) groups excluding carboxylic acids is 2. The van der Waals surface area contributed by atoms with Crippen LogP contribution in [-0.2, 0) is 4.74 Å². The zero-order valence-corrected chi connectivity index (χ0v) is 9.94. The molecule has 2 aromatic carbocycles. The topological polar surface area (TPSA) is 67.2 Å². The lowest BCUT2D eigenvalue weighted by Gasteiger charge is -2.07. The first-order valence-corrected chi connectivity index (χ1v) is 5.32. The maximum atomic E-state index is 13.7. The Hall–Kier alpha value is -2.74. The highest BCUT2D eigenvalue weighted by Crippen LogP contribution is 2.25. The van der Waals surface area contributed by atoms with E-state index in [1.54, 1.807) is 0 Å². The van der Waals surface area contributed by atoms with E-state index in [2.05, 4.69) is 4.74 Å². The molecule has 0 aliphatic heterocycles. The fourth-order valence-corrected chi connectivity index (χ4v) is 1.87. The molecule has 2 rings (SSSR count). The third-order valence-electron chi connectivity index (χ3n) is 2.79. The summed E-state index contributed by atoms with van der Waals surface area (Å²) in [6.07, 6.45) is 0.361. The molecule has 0 saturated carbocycles. The second kappa shape index (κ2) is 4.86. The second-order valence-corrected chi connectivity index (χ2v) is 3.80. The zero-order valence-electron chi connectivity index (χ0n) is 9.94. The third kappa shape index (κ3) is 2.04. The summed E-state index contributed by atoms with van der Waals surface area (Å²) in [6, 6.07) is 7.15. The Labute approximate surface area is 108 Å². The minimum absolute atomic E-state index is 0.106. The second-order valence-electron chi connectivity index (χ2n) is 3.80. The van der Waals surface area contributed by atoms with Crippen LogP contribution in [0.5, 0.6) is 0 Å². The summed E-state index contributed by atoms with van der Waals surface area (Å²) in [4.78, 5) is 22.4. The highest BCUT2D eigenvalue weighted by molar-refractivity contribution is 6.04. The summed E-state index contributed by atoms with van der Waals surface area (Å²) in [5.41, 5.74) is 0.113. The Bertz CT molecular complexity index is 732. The van der Waals surface area contributed by atoms with Gasteiger partial charge in [0.15, 0.2) is 6.29 Å². The van der Waals surface area contributed by atoms with Gasteiger partial charge in [-0.1, -0.05) is 6.07 Å². The minimum Gasteiger partial charge on any atom is -0.465 e. The van der Waals surface area contributed by atoms with Crippen LogP contribution in [0.15, 0.2) is 24.3 Å². The molecule has 0 heterocycles. The average molecular weight is 257 g/mol. The van der Waals surface area contributed by atoms with Crippen molar-refractivity contribution in [3.63, 3.8) is 0 Å². The fraction of sp³-hybridized carbons (Fsp3) is 0.0714. The van der Waals surface area contributed by atoms with E-state index in [1.807, 2.05) is 6.07 Å². The molecule has 0 bridgehead atoms. The Morgan fingerprint density at radius 1 is 1.37 bits per heavy atom. The van der Waals surface area contributed by atoms with Crippen molar-refractivity contribution in [3.8, 4) is 6.07 Å². The first kappa shape index (κ1) is 12.7. The number of hydrogen-bond donors (Lipinski definition) is 0. The van der Waals surface area contributed by atoms with Gasteiger partial charge in [-0.15, -0.1) is 0 Å². The van der Waals surface area contributed by atoms with Gasteiger partial charge in [-0.25, -0.2) is 9.18 Å². The summed E-state index contributed by atoms with van der Waals surface area (Å²) < 4.78 is 18.2. The molecule has 0 atom stereocenters. The molecule has 94 valence electrons. The highest BCUT2D eigenvalue weighted by Gasteiger charge is 2.14. The zero-order chi connectivity index (χ0) is 14.0. The summed E-state index contributed by atoms with van der Waals surface area (Å²) >= 11 is 0. The van der Waals surface area contributed by atoms with Crippen molar-refractivity contribution in [3.05, 3.63) is 46.8 Å². The molecule has 0 N–H and O–H groups in total. The number of carbonyl (C=O) groups is 2. The molecular weight excluding hydrogens is 249 g/mol. The van der Waals surface area contributed by atoms with Gasteiger partial charge in [-0.2, -0.15) is 5.26 Å². The van der Waals surface area contributed by atoms with Crippen LogP contribution in [0, 0.1) is 17.1 Å².